The van der Waals surface area contributed by atoms with Gasteiger partial charge in [0, 0.05) is 22.6 Å². The molecule has 1 saturated heterocycles. The molecule has 9 heteroatoms. The number of ketones is 1. The van der Waals surface area contributed by atoms with E-state index in [1.54, 1.807) is 24.3 Å². The minimum atomic E-state index is -0.738. The van der Waals surface area contributed by atoms with Gasteiger partial charge in [0.15, 0.2) is 12.4 Å². The number of rotatable bonds is 7. The SMILES string of the molecule is Nc1ccc(SC2CC(=O)N(c3ccc(C(=O)OCC(=O)c4ccc(F)cc4)cc3)C2=O)cc1. The van der Waals surface area contributed by atoms with Gasteiger partial charge in [0.25, 0.3) is 0 Å². The summed E-state index contributed by atoms with van der Waals surface area (Å²) >= 11 is 1.29. The number of nitrogens with two attached hydrogens (primary N) is 1. The van der Waals surface area contributed by atoms with E-state index in [4.69, 9.17) is 10.5 Å². The van der Waals surface area contributed by atoms with Crippen LogP contribution in [0.5, 0.6) is 0 Å². The molecule has 1 aliphatic heterocycles. The van der Waals surface area contributed by atoms with Crippen molar-refractivity contribution >= 4 is 46.7 Å². The van der Waals surface area contributed by atoms with Crippen LogP contribution in [0, 0.1) is 5.82 Å². The average Bonchev–Trinajstić information content (AvgIpc) is 3.11. The minimum Gasteiger partial charge on any atom is -0.454 e. The largest absolute Gasteiger partial charge is 0.454 e. The highest BCUT2D eigenvalue weighted by atomic mass is 32.2. The Morgan fingerprint density at radius 2 is 1.56 bits per heavy atom. The molecule has 7 nitrogen and oxygen atoms in total. The predicted octanol–water partition coefficient (Wildman–Crippen LogP) is 3.87. The molecule has 1 unspecified atom stereocenters. The van der Waals surface area contributed by atoms with Crippen LogP contribution >= 0.6 is 11.8 Å². The van der Waals surface area contributed by atoms with E-state index in [0.29, 0.717) is 11.4 Å². The Morgan fingerprint density at radius 1 is 0.941 bits per heavy atom. The second kappa shape index (κ2) is 9.88. The number of esters is 1. The van der Waals surface area contributed by atoms with Crippen LogP contribution in [-0.4, -0.2) is 35.4 Å². The van der Waals surface area contributed by atoms with Crippen molar-refractivity contribution in [2.24, 2.45) is 0 Å². The molecule has 1 fully saturated rings. The molecule has 0 bridgehead atoms. The summed E-state index contributed by atoms with van der Waals surface area (Å²) in [5.74, 6) is -2.36. The number of thioether (sulfide) groups is 1. The van der Waals surface area contributed by atoms with Gasteiger partial charge in [0.05, 0.1) is 16.5 Å². The maximum Gasteiger partial charge on any atom is 0.338 e. The lowest BCUT2D eigenvalue weighted by atomic mass is 10.1. The highest BCUT2D eigenvalue weighted by molar-refractivity contribution is 8.00. The van der Waals surface area contributed by atoms with E-state index in [1.807, 2.05) is 0 Å². The Kier molecular flexibility index (Phi) is 6.74. The van der Waals surface area contributed by atoms with Crippen molar-refractivity contribution in [3.8, 4) is 0 Å². The first-order chi connectivity index (χ1) is 16.3. The topological polar surface area (TPSA) is 107 Å². The molecule has 1 atom stereocenters. The second-order valence-electron chi connectivity index (χ2n) is 7.50. The van der Waals surface area contributed by atoms with E-state index in [2.05, 4.69) is 0 Å². The summed E-state index contributed by atoms with van der Waals surface area (Å²) < 4.78 is 18.0. The number of benzene rings is 3. The Hall–Kier alpha value is -3.98. The number of Topliss-reactive ketones (excluding diaryl/α,β-unsaturated/α-hetero) is 1. The predicted molar refractivity (Wildman–Crippen MR) is 125 cm³/mol. The lowest BCUT2D eigenvalue weighted by Gasteiger charge is -2.15. The fourth-order valence-corrected chi connectivity index (χ4v) is 4.41. The quantitative estimate of drug-likeness (QED) is 0.238. The van der Waals surface area contributed by atoms with Gasteiger partial charge >= 0.3 is 5.97 Å². The van der Waals surface area contributed by atoms with Crippen LogP contribution in [-0.2, 0) is 14.3 Å². The van der Waals surface area contributed by atoms with Crippen LogP contribution in [0.2, 0.25) is 0 Å². The van der Waals surface area contributed by atoms with Crippen molar-refractivity contribution < 1.29 is 28.3 Å². The van der Waals surface area contributed by atoms with Gasteiger partial charge in [-0.05, 0) is 72.8 Å². The van der Waals surface area contributed by atoms with Crippen molar-refractivity contribution in [3.63, 3.8) is 0 Å². The monoisotopic (exact) mass is 478 g/mol. The molecule has 3 aromatic carbocycles. The fraction of sp³-hybridized carbons (Fsp3) is 0.120. The maximum atomic E-state index is 13.0. The summed E-state index contributed by atoms with van der Waals surface area (Å²) in [7, 11) is 0. The van der Waals surface area contributed by atoms with E-state index in [-0.39, 0.29) is 29.4 Å². The van der Waals surface area contributed by atoms with Crippen molar-refractivity contribution in [2.75, 3.05) is 17.2 Å². The van der Waals surface area contributed by atoms with Crippen LogP contribution in [0.3, 0.4) is 0 Å². The van der Waals surface area contributed by atoms with Crippen LogP contribution in [0.25, 0.3) is 0 Å². The van der Waals surface area contributed by atoms with Gasteiger partial charge in [-0.25, -0.2) is 14.1 Å². The standard InChI is InChI=1S/C25H19FN2O5S/c26-17-5-1-15(2-6-17)21(29)14-33-25(32)16-3-9-19(10-4-16)28-23(30)13-22(24(28)31)34-20-11-7-18(27)8-12-20/h1-12,22H,13-14,27H2. The number of hydrogen-bond acceptors (Lipinski definition) is 7. The molecule has 0 spiro atoms. The summed E-state index contributed by atoms with van der Waals surface area (Å²) in [4.78, 5) is 51.6. The van der Waals surface area contributed by atoms with Gasteiger partial charge in [-0.3, -0.25) is 14.4 Å². The zero-order valence-corrected chi connectivity index (χ0v) is 18.6. The highest BCUT2D eigenvalue weighted by Gasteiger charge is 2.40. The Balaban J connectivity index is 1.37. The molecule has 2 amide bonds. The molecule has 0 aliphatic carbocycles. The first kappa shape index (κ1) is 23.2. The molecule has 0 radical (unpaired) electrons. The van der Waals surface area contributed by atoms with Gasteiger partial charge in [0.1, 0.15) is 5.82 Å². The van der Waals surface area contributed by atoms with Gasteiger partial charge in [0.2, 0.25) is 11.8 Å². The lowest BCUT2D eigenvalue weighted by molar-refractivity contribution is -0.121. The fourth-order valence-electron chi connectivity index (χ4n) is 3.36. The molecule has 0 saturated carbocycles. The van der Waals surface area contributed by atoms with E-state index < -0.39 is 29.4 Å². The van der Waals surface area contributed by atoms with E-state index in [0.717, 1.165) is 21.9 Å². The minimum absolute atomic E-state index is 0.0587. The molecular formula is C25H19FN2O5S. The number of imide groups is 1. The lowest BCUT2D eigenvalue weighted by Crippen LogP contribution is -2.31. The van der Waals surface area contributed by atoms with Crippen LogP contribution < -0.4 is 10.6 Å². The summed E-state index contributed by atoms with van der Waals surface area (Å²) in [6, 6.07) is 17.7. The molecule has 34 heavy (non-hydrogen) atoms. The maximum absolute atomic E-state index is 13.0. The van der Waals surface area contributed by atoms with E-state index in [1.165, 1.54) is 48.2 Å². The molecule has 172 valence electrons. The Bertz CT molecular complexity index is 1240. The summed E-state index contributed by atoms with van der Waals surface area (Å²) in [6.45, 7) is -0.501. The third-order valence-corrected chi connectivity index (χ3v) is 6.32. The summed E-state index contributed by atoms with van der Waals surface area (Å²) in [5, 5.41) is -0.557. The highest BCUT2D eigenvalue weighted by Crippen LogP contribution is 2.34. The first-order valence-electron chi connectivity index (χ1n) is 10.3. The second-order valence-corrected chi connectivity index (χ2v) is 8.78. The first-order valence-corrected chi connectivity index (χ1v) is 11.1. The molecule has 1 aliphatic rings. The number of halogens is 1. The van der Waals surface area contributed by atoms with Gasteiger partial charge in [-0.2, -0.15) is 0 Å². The number of anilines is 2. The van der Waals surface area contributed by atoms with Crippen molar-refractivity contribution in [3.05, 3.63) is 89.7 Å². The molecule has 2 N–H and O–H groups in total. The third-order valence-electron chi connectivity index (χ3n) is 5.13. The molecule has 4 rings (SSSR count). The Labute approximate surface area is 198 Å². The number of hydrogen-bond donors (Lipinski definition) is 1. The number of amides is 2. The molecular weight excluding hydrogens is 459 g/mol. The smallest absolute Gasteiger partial charge is 0.338 e. The van der Waals surface area contributed by atoms with Crippen molar-refractivity contribution in [1.82, 2.24) is 0 Å². The van der Waals surface area contributed by atoms with Crippen molar-refractivity contribution in [2.45, 2.75) is 16.6 Å². The van der Waals surface area contributed by atoms with E-state index in [9.17, 15) is 23.6 Å². The summed E-state index contributed by atoms with van der Waals surface area (Å²) in [6.07, 6.45) is 0.0587. The van der Waals surface area contributed by atoms with Crippen LogP contribution in [0.15, 0.2) is 77.7 Å². The van der Waals surface area contributed by atoms with Gasteiger partial charge in [-0.1, -0.05) is 0 Å². The van der Waals surface area contributed by atoms with Crippen molar-refractivity contribution in [1.29, 1.82) is 0 Å². The zero-order chi connectivity index (χ0) is 24.2. The number of carbonyl (C=O) groups excluding carboxylic acids is 4. The normalized spacial score (nSPS) is 15.4. The molecule has 0 aromatic heterocycles. The van der Waals surface area contributed by atoms with Gasteiger partial charge < -0.3 is 10.5 Å². The molecule has 3 aromatic rings. The van der Waals surface area contributed by atoms with Crippen LogP contribution in [0.1, 0.15) is 27.1 Å². The zero-order valence-electron chi connectivity index (χ0n) is 17.8. The van der Waals surface area contributed by atoms with Gasteiger partial charge in [-0.15, -0.1) is 11.8 Å². The number of ether oxygens (including phenoxy) is 1. The summed E-state index contributed by atoms with van der Waals surface area (Å²) in [5.41, 5.74) is 7.01. The van der Waals surface area contributed by atoms with E-state index >= 15 is 0 Å². The van der Waals surface area contributed by atoms with Crippen LogP contribution in [0.4, 0.5) is 15.8 Å². The third kappa shape index (κ3) is 5.15. The number of carbonyl (C=O) groups is 4. The Morgan fingerprint density at radius 3 is 2.21 bits per heavy atom. The number of nitrogen functional groups attached to an aromatic ring is 1. The average molecular weight is 479 g/mol. The number of nitrogens with zero attached hydrogens (tertiary/aromatic N) is 1. The molecule has 1 heterocycles.